The van der Waals surface area contributed by atoms with Crippen molar-refractivity contribution in [2.45, 2.75) is 64.7 Å². The van der Waals surface area contributed by atoms with Crippen LogP contribution in [-0.2, 0) is 6.42 Å². The van der Waals surface area contributed by atoms with Crippen molar-refractivity contribution in [2.24, 2.45) is 0 Å². The highest BCUT2D eigenvalue weighted by molar-refractivity contribution is 5.45. The van der Waals surface area contributed by atoms with E-state index in [0.717, 1.165) is 12.1 Å². The Hall–Kier alpha value is -1.29. The summed E-state index contributed by atoms with van der Waals surface area (Å²) >= 11 is 0. The van der Waals surface area contributed by atoms with Crippen molar-refractivity contribution < 1.29 is 0 Å². The van der Waals surface area contributed by atoms with Crippen LogP contribution in [0.2, 0.25) is 0 Å². The molecule has 0 bridgehead atoms. The molecule has 1 nitrogen and oxygen atoms in total. The van der Waals surface area contributed by atoms with Gasteiger partial charge in [0.05, 0.1) is 6.57 Å². The molecule has 1 rings (SSSR count). The lowest BCUT2D eigenvalue weighted by Gasteiger charge is -2.02. The molecule has 0 spiro atoms. The minimum atomic E-state index is 0.745. The molecule has 1 aromatic rings. The van der Waals surface area contributed by atoms with Gasteiger partial charge >= 0.3 is 0 Å². The topological polar surface area (TPSA) is 4.36 Å². The maximum absolute atomic E-state index is 6.90. The van der Waals surface area contributed by atoms with Crippen molar-refractivity contribution in [2.75, 3.05) is 0 Å². The van der Waals surface area contributed by atoms with E-state index in [1.165, 1.54) is 56.9 Å². The van der Waals surface area contributed by atoms with Crippen molar-refractivity contribution in [3.63, 3.8) is 0 Å². The largest absolute Gasteiger partial charge is 0.238 e. The summed E-state index contributed by atoms with van der Waals surface area (Å²) in [6, 6.07) is 8.03. The number of hydrogen-bond acceptors (Lipinski definition) is 0. The molecule has 0 amide bonds. The molecular formula is C17H25N. The van der Waals surface area contributed by atoms with Crippen LogP contribution in [0, 0.1) is 6.57 Å². The summed E-state index contributed by atoms with van der Waals surface area (Å²) in [5.74, 6) is 0. The van der Waals surface area contributed by atoms with Crippen LogP contribution in [0.3, 0.4) is 0 Å². The quantitative estimate of drug-likeness (QED) is 0.374. The van der Waals surface area contributed by atoms with Crippen molar-refractivity contribution in [3.05, 3.63) is 41.2 Å². The number of nitrogens with zero attached hydrogens (tertiary/aromatic N) is 1. The Bertz CT molecular complexity index is 345. The van der Waals surface area contributed by atoms with Crippen LogP contribution in [-0.4, -0.2) is 0 Å². The molecule has 0 atom stereocenters. The summed E-state index contributed by atoms with van der Waals surface area (Å²) in [5.41, 5.74) is 2.11. The minimum Gasteiger partial charge on any atom is -0.238 e. The fraction of sp³-hybridized carbons (Fsp3) is 0.588. The molecule has 0 N–H and O–H groups in total. The van der Waals surface area contributed by atoms with Gasteiger partial charge in [0.1, 0.15) is 0 Å². The third-order valence-corrected chi connectivity index (χ3v) is 3.38. The highest BCUT2D eigenvalue weighted by Crippen LogP contribution is 2.15. The number of unbranched alkanes of at least 4 members (excludes halogenated alkanes) is 7. The van der Waals surface area contributed by atoms with E-state index in [1.807, 2.05) is 12.1 Å². The summed E-state index contributed by atoms with van der Waals surface area (Å²) in [4.78, 5) is 3.41. The molecule has 0 aromatic heterocycles. The highest BCUT2D eigenvalue weighted by Gasteiger charge is 1.95. The maximum Gasteiger partial charge on any atom is 0.187 e. The van der Waals surface area contributed by atoms with Gasteiger partial charge in [-0.3, -0.25) is 0 Å². The Morgan fingerprint density at radius 2 is 1.39 bits per heavy atom. The van der Waals surface area contributed by atoms with E-state index < -0.39 is 0 Å². The first-order valence-electron chi connectivity index (χ1n) is 7.33. The summed E-state index contributed by atoms with van der Waals surface area (Å²) in [7, 11) is 0. The highest BCUT2D eigenvalue weighted by atomic mass is 14.6. The van der Waals surface area contributed by atoms with E-state index in [0.29, 0.717) is 0 Å². The van der Waals surface area contributed by atoms with E-state index in [2.05, 4.69) is 23.9 Å². The first-order valence-corrected chi connectivity index (χ1v) is 7.33. The van der Waals surface area contributed by atoms with Crippen LogP contribution in [0.5, 0.6) is 0 Å². The second-order valence-electron chi connectivity index (χ2n) is 5.00. The molecule has 0 aliphatic rings. The van der Waals surface area contributed by atoms with Gasteiger partial charge in [-0.25, -0.2) is 4.85 Å². The molecule has 1 aromatic carbocycles. The van der Waals surface area contributed by atoms with Crippen molar-refractivity contribution in [1.82, 2.24) is 0 Å². The molecule has 0 aliphatic heterocycles. The first kappa shape index (κ1) is 14.8. The average Bonchev–Trinajstić information content (AvgIpc) is 2.42. The fourth-order valence-electron chi connectivity index (χ4n) is 2.20. The van der Waals surface area contributed by atoms with Crippen molar-refractivity contribution in [3.8, 4) is 0 Å². The van der Waals surface area contributed by atoms with Gasteiger partial charge in [0, 0.05) is 0 Å². The molecule has 18 heavy (non-hydrogen) atoms. The van der Waals surface area contributed by atoms with Crippen LogP contribution < -0.4 is 0 Å². The lowest BCUT2D eigenvalue weighted by Crippen LogP contribution is -1.86. The Morgan fingerprint density at radius 1 is 0.833 bits per heavy atom. The van der Waals surface area contributed by atoms with E-state index in [4.69, 9.17) is 6.57 Å². The fourth-order valence-corrected chi connectivity index (χ4v) is 2.20. The summed E-state index contributed by atoms with van der Waals surface area (Å²) in [5, 5.41) is 0. The molecule has 0 radical (unpaired) electrons. The third-order valence-electron chi connectivity index (χ3n) is 3.38. The van der Waals surface area contributed by atoms with Gasteiger partial charge in [-0.15, -0.1) is 0 Å². The number of hydrogen-bond donors (Lipinski definition) is 0. The molecule has 0 saturated carbocycles. The molecule has 0 heterocycles. The lowest BCUT2D eigenvalue weighted by atomic mass is 10.0. The summed E-state index contributed by atoms with van der Waals surface area (Å²) in [6.07, 6.45) is 12.1. The zero-order valence-electron chi connectivity index (χ0n) is 11.6. The van der Waals surface area contributed by atoms with Crippen LogP contribution in [0.15, 0.2) is 24.3 Å². The normalized spacial score (nSPS) is 10.2. The van der Waals surface area contributed by atoms with Crippen LogP contribution in [0.1, 0.15) is 63.9 Å². The Balaban J connectivity index is 2.02. The van der Waals surface area contributed by atoms with Crippen LogP contribution >= 0.6 is 0 Å². The predicted molar refractivity (Wildman–Crippen MR) is 79.0 cm³/mol. The minimum absolute atomic E-state index is 0.745. The molecule has 1 heteroatoms. The van der Waals surface area contributed by atoms with E-state index in [-0.39, 0.29) is 0 Å². The zero-order chi connectivity index (χ0) is 13.1. The zero-order valence-corrected chi connectivity index (χ0v) is 11.6. The SMILES string of the molecule is [C-]#[N+]c1ccc(CCCCCCCCCC)cc1. The number of rotatable bonds is 9. The van der Waals surface area contributed by atoms with E-state index in [1.54, 1.807) is 0 Å². The first-order chi connectivity index (χ1) is 8.86. The molecule has 0 fully saturated rings. The summed E-state index contributed by atoms with van der Waals surface area (Å²) in [6.45, 7) is 9.16. The molecule has 98 valence electrons. The average molecular weight is 243 g/mol. The number of benzene rings is 1. The lowest BCUT2D eigenvalue weighted by molar-refractivity contribution is 0.575. The summed E-state index contributed by atoms with van der Waals surface area (Å²) < 4.78 is 0. The van der Waals surface area contributed by atoms with Gasteiger partial charge in [0.2, 0.25) is 0 Å². The van der Waals surface area contributed by atoms with Crippen molar-refractivity contribution in [1.29, 1.82) is 0 Å². The molecular weight excluding hydrogens is 218 g/mol. The third kappa shape index (κ3) is 6.45. The van der Waals surface area contributed by atoms with Gasteiger partial charge in [0.15, 0.2) is 5.69 Å². The van der Waals surface area contributed by atoms with Crippen LogP contribution in [0.25, 0.3) is 4.85 Å². The second-order valence-corrected chi connectivity index (χ2v) is 5.00. The van der Waals surface area contributed by atoms with E-state index >= 15 is 0 Å². The van der Waals surface area contributed by atoms with Gasteiger partial charge in [-0.1, -0.05) is 81.7 Å². The molecule has 0 aliphatic carbocycles. The second kappa shape index (κ2) is 9.71. The van der Waals surface area contributed by atoms with Gasteiger partial charge in [-0.05, 0) is 12.8 Å². The predicted octanol–water partition coefficient (Wildman–Crippen LogP) is 5.92. The standard InChI is InChI=1S/C17H25N/c1-3-4-5-6-7-8-9-10-11-16-12-14-17(18-2)15-13-16/h12-15H,3-11H2,1H3. The van der Waals surface area contributed by atoms with Crippen molar-refractivity contribution >= 4 is 5.69 Å². The van der Waals surface area contributed by atoms with E-state index in [9.17, 15) is 0 Å². The monoisotopic (exact) mass is 243 g/mol. The Kier molecular flexibility index (Phi) is 7.97. The molecule has 0 unspecified atom stereocenters. The van der Waals surface area contributed by atoms with Crippen LogP contribution in [0.4, 0.5) is 5.69 Å². The maximum atomic E-state index is 6.90. The Labute approximate surface area is 112 Å². The smallest absolute Gasteiger partial charge is 0.187 e. The van der Waals surface area contributed by atoms with Gasteiger partial charge < -0.3 is 0 Å². The Morgan fingerprint density at radius 3 is 1.94 bits per heavy atom. The molecule has 0 saturated heterocycles. The van der Waals surface area contributed by atoms with Gasteiger partial charge in [0.25, 0.3) is 0 Å². The van der Waals surface area contributed by atoms with Gasteiger partial charge in [-0.2, -0.15) is 0 Å². The number of aryl methyl sites for hydroxylation is 1.